The molecule has 150 valence electrons. The minimum absolute atomic E-state index is 0.0843. The van der Waals surface area contributed by atoms with Gasteiger partial charge in [0.25, 0.3) is 0 Å². The van der Waals surface area contributed by atoms with Crippen molar-refractivity contribution in [2.24, 2.45) is 0 Å². The van der Waals surface area contributed by atoms with E-state index in [2.05, 4.69) is 4.98 Å². The molecule has 2 heterocycles. The molecule has 1 aromatic heterocycles. The summed E-state index contributed by atoms with van der Waals surface area (Å²) in [5.41, 5.74) is 3.02. The lowest BCUT2D eigenvalue weighted by Gasteiger charge is -2.33. The number of rotatable bonds is 5. The lowest BCUT2D eigenvalue weighted by molar-refractivity contribution is -0.129. The Kier molecular flexibility index (Phi) is 5.70. The van der Waals surface area contributed by atoms with E-state index in [0.717, 1.165) is 16.7 Å². The van der Waals surface area contributed by atoms with Crippen molar-refractivity contribution in [1.82, 2.24) is 9.88 Å². The molecule has 1 atom stereocenters. The quantitative estimate of drug-likeness (QED) is 0.633. The standard InChI is InChI=1S/C25H23N3O2/c1-19(29)27-16-14-21-11-5-6-12-22(21)23(27)17-25(30)28(24-13-7-8-15-26-24)18-20-9-3-2-4-10-20/h2-16,23H,17-18H2,1H3. The number of amides is 2. The molecule has 0 bridgehead atoms. The average molecular weight is 397 g/mol. The van der Waals surface area contributed by atoms with Crippen molar-refractivity contribution in [3.8, 4) is 0 Å². The first-order valence-corrected chi connectivity index (χ1v) is 9.95. The molecule has 0 saturated heterocycles. The normalized spacial score (nSPS) is 14.8. The van der Waals surface area contributed by atoms with Crippen molar-refractivity contribution in [2.75, 3.05) is 4.90 Å². The molecule has 3 aromatic rings. The summed E-state index contributed by atoms with van der Waals surface area (Å²) < 4.78 is 0. The number of nitrogens with zero attached hydrogens (tertiary/aromatic N) is 3. The SMILES string of the molecule is CC(=O)N1C=Cc2ccccc2C1CC(=O)N(Cc1ccccc1)c1ccccn1. The van der Waals surface area contributed by atoms with Gasteiger partial charge in [-0.3, -0.25) is 14.5 Å². The second-order valence-electron chi connectivity index (χ2n) is 7.24. The van der Waals surface area contributed by atoms with Gasteiger partial charge in [0.1, 0.15) is 5.82 Å². The Labute approximate surface area is 176 Å². The van der Waals surface area contributed by atoms with Gasteiger partial charge >= 0.3 is 0 Å². The van der Waals surface area contributed by atoms with Crippen molar-refractivity contribution in [3.63, 3.8) is 0 Å². The van der Waals surface area contributed by atoms with E-state index in [0.29, 0.717) is 12.4 Å². The van der Waals surface area contributed by atoms with Crippen molar-refractivity contribution < 1.29 is 9.59 Å². The summed E-state index contributed by atoms with van der Waals surface area (Å²) in [6.07, 6.45) is 5.54. The topological polar surface area (TPSA) is 53.5 Å². The highest BCUT2D eigenvalue weighted by molar-refractivity contribution is 5.93. The highest BCUT2D eigenvalue weighted by Crippen LogP contribution is 2.34. The Balaban J connectivity index is 1.66. The fourth-order valence-corrected chi connectivity index (χ4v) is 3.77. The minimum atomic E-state index is -0.349. The van der Waals surface area contributed by atoms with Gasteiger partial charge in [0.2, 0.25) is 11.8 Å². The summed E-state index contributed by atoms with van der Waals surface area (Å²) in [6, 6.07) is 22.9. The van der Waals surface area contributed by atoms with Crippen LogP contribution in [-0.2, 0) is 16.1 Å². The van der Waals surface area contributed by atoms with Crippen LogP contribution in [0.1, 0.15) is 36.1 Å². The number of carbonyl (C=O) groups is 2. The van der Waals surface area contributed by atoms with Crippen LogP contribution < -0.4 is 4.90 Å². The molecule has 2 amide bonds. The first-order chi connectivity index (χ1) is 14.6. The first kappa shape index (κ1) is 19.6. The molecule has 1 aliphatic rings. The summed E-state index contributed by atoms with van der Waals surface area (Å²) in [5, 5.41) is 0. The summed E-state index contributed by atoms with van der Waals surface area (Å²) in [4.78, 5) is 33.5. The second kappa shape index (κ2) is 8.74. The van der Waals surface area contributed by atoms with E-state index in [1.807, 2.05) is 78.9 Å². The Morgan fingerprint density at radius 3 is 2.43 bits per heavy atom. The van der Waals surface area contributed by atoms with Gasteiger partial charge in [-0.25, -0.2) is 4.98 Å². The number of hydrogen-bond donors (Lipinski definition) is 0. The van der Waals surface area contributed by atoms with Gasteiger partial charge in [-0.1, -0.05) is 60.7 Å². The van der Waals surface area contributed by atoms with E-state index in [4.69, 9.17) is 0 Å². The van der Waals surface area contributed by atoms with Gasteiger partial charge < -0.3 is 4.90 Å². The summed E-state index contributed by atoms with van der Waals surface area (Å²) in [7, 11) is 0. The Bertz CT molecular complexity index is 1060. The molecule has 30 heavy (non-hydrogen) atoms. The zero-order chi connectivity index (χ0) is 20.9. The fourth-order valence-electron chi connectivity index (χ4n) is 3.77. The molecule has 0 fully saturated rings. The van der Waals surface area contributed by atoms with Crippen molar-refractivity contribution >= 4 is 23.7 Å². The maximum absolute atomic E-state index is 13.5. The Morgan fingerprint density at radius 1 is 0.967 bits per heavy atom. The molecule has 2 aromatic carbocycles. The van der Waals surface area contributed by atoms with Crippen LogP contribution in [0.4, 0.5) is 5.82 Å². The number of hydrogen-bond acceptors (Lipinski definition) is 3. The van der Waals surface area contributed by atoms with Crippen LogP contribution in [0.25, 0.3) is 6.08 Å². The lowest BCUT2D eigenvalue weighted by atomic mass is 9.93. The van der Waals surface area contributed by atoms with Crippen LogP contribution in [0, 0.1) is 0 Å². The minimum Gasteiger partial charge on any atom is -0.311 e. The molecule has 1 unspecified atom stereocenters. The number of anilines is 1. The van der Waals surface area contributed by atoms with Crippen LogP contribution in [0.2, 0.25) is 0 Å². The molecule has 5 heteroatoms. The van der Waals surface area contributed by atoms with Crippen LogP contribution in [0.3, 0.4) is 0 Å². The molecule has 4 rings (SSSR count). The maximum Gasteiger partial charge on any atom is 0.230 e. The van der Waals surface area contributed by atoms with Crippen molar-refractivity contribution in [1.29, 1.82) is 0 Å². The molecule has 5 nitrogen and oxygen atoms in total. The van der Waals surface area contributed by atoms with E-state index in [1.165, 1.54) is 6.92 Å². The smallest absolute Gasteiger partial charge is 0.230 e. The van der Waals surface area contributed by atoms with E-state index in [1.54, 1.807) is 22.2 Å². The largest absolute Gasteiger partial charge is 0.311 e. The zero-order valence-electron chi connectivity index (χ0n) is 16.8. The molecule has 0 saturated carbocycles. The molecule has 0 radical (unpaired) electrons. The second-order valence-corrected chi connectivity index (χ2v) is 7.24. The van der Waals surface area contributed by atoms with Gasteiger partial charge in [-0.2, -0.15) is 0 Å². The van der Waals surface area contributed by atoms with Crippen molar-refractivity contribution in [3.05, 3.63) is 102 Å². The van der Waals surface area contributed by atoms with Crippen LogP contribution in [-0.4, -0.2) is 21.7 Å². The number of fused-ring (bicyclic) bond motifs is 1. The number of benzene rings is 2. The van der Waals surface area contributed by atoms with Gasteiger partial charge in [0, 0.05) is 19.3 Å². The zero-order valence-corrected chi connectivity index (χ0v) is 16.8. The Morgan fingerprint density at radius 2 is 1.70 bits per heavy atom. The summed E-state index contributed by atoms with van der Waals surface area (Å²) >= 11 is 0. The molecule has 0 aliphatic carbocycles. The van der Waals surface area contributed by atoms with Crippen LogP contribution in [0.15, 0.2) is 85.2 Å². The number of carbonyl (C=O) groups excluding carboxylic acids is 2. The summed E-state index contributed by atoms with van der Waals surface area (Å²) in [6.45, 7) is 1.94. The molecular formula is C25H23N3O2. The third-order valence-corrected chi connectivity index (χ3v) is 5.25. The van der Waals surface area contributed by atoms with E-state index < -0.39 is 0 Å². The van der Waals surface area contributed by atoms with E-state index >= 15 is 0 Å². The van der Waals surface area contributed by atoms with Gasteiger partial charge in [0.15, 0.2) is 0 Å². The maximum atomic E-state index is 13.5. The predicted octanol–water partition coefficient (Wildman–Crippen LogP) is 4.58. The van der Waals surface area contributed by atoms with E-state index in [-0.39, 0.29) is 24.3 Å². The van der Waals surface area contributed by atoms with Crippen molar-refractivity contribution in [2.45, 2.75) is 25.9 Å². The van der Waals surface area contributed by atoms with Gasteiger partial charge in [0.05, 0.1) is 19.0 Å². The Hall–Kier alpha value is -3.73. The van der Waals surface area contributed by atoms with Gasteiger partial charge in [-0.15, -0.1) is 0 Å². The monoisotopic (exact) mass is 397 g/mol. The summed E-state index contributed by atoms with van der Waals surface area (Å²) in [5.74, 6) is 0.422. The molecule has 0 spiro atoms. The third kappa shape index (κ3) is 4.15. The highest BCUT2D eigenvalue weighted by Gasteiger charge is 2.30. The van der Waals surface area contributed by atoms with Crippen LogP contribution in [0.5, 0.6) is 0 Å². The van der Waals surface area contributed by atoms with Gasteiger partial charge in [-0.05, 0) is 34.9 Å². The molecule has 0 N–H and O–H groups in total. The van der Waals surface area contributed by atoms with Crippen LogP contribution >= 0.6 is 0 Å². The average Bonchev–Trinajstić information content (AvgIpc) is 2.78. The first-order valence-electron chi connectivity index (χ1n) is 9.95. The predicted molar refractivity (Wildman–Crippen MR) is 117 cm³/mol. The molecule has 1 aliphatic heterocycles. The van der Waals surface area contributed by atoms with E-state index in [9.17, 15) is 9.59 Å². The third-order valence-electron chi connectivity index (χ3n) is 5.25. The number of aromatic nitrogens is 1. The fraction of sp³-hybridized carbons (Fsp3) is 0.160. The molecular weight excluding hydrogens is 374 g/mol. The lowest BCUT2D eigenvalue weighted by Crippen LogP contribution is -2.37. The number of pyridine rings is 1. The highest BCUT2D eigenvalue weighted by atomic mass is 16.2.